The van der Waals surface area contributed by atoms with E-state index in [1.807, 2.05) is 6.42 Å². The quantitative estimate of drug-likeness (QED) is 0.412. The van der Waals surface area contributed by atoms with Gasteiger partial charge >= 0.3 is 0 Å². The van der Waals surface area contributed by atoms with Gasteiger partial charge in [0.25, 0.3) is 0 Å². The van der Waals surface area contributed by atoms with E-state index in [1.54, 1.807) is 20.3 Å². The van der Waals surface area contributed by atoms with Crippen LogP contribution < -0.4 is 0 Å². The molecule has 0 rings (SSSR count). The predicted molar refractivity (Wildman–Crippen MR) is 36.9 cm³/mol. The second-order valence-corrected chi connectivity index (χ2v) is 1.60. The van der Waals surface area contributed by atoms with Crippen LogP contribution in [0.1, 0.15) is 6.42 Å². The molecular weight excluding hydrogens is 116 g/mol. The summed E-state index contributed by atoms with van der Waals surface area (Å²) in [6, 6.07) is 0. The number of hydrogen-bond acceptors (Lipinski definition) is 2. The SMILES string of the molecule is C=CC[CH]C(OC)OC. The van der Waals surface area contributed by atoms with Crippen LogP contribution in [0.15, 0.2) is 12.7 Å². The first-order chi connectivity index (χ1) is 4.35. The van der Waals surface area contributed by atoms with Gasteiger partial charge in [-0.15, -0.1) is 6.58 Å². The van der Waals surface area contributed by atoms with Gasteiger partial charge in [0.2, 0.25) is 0 Å². The Hall–Kier alpha value is -0.340. The molecule has 0 atom stereocenters. The Morgan fingerprint density at radius 3 is 2.33 bits per heavy atom. The van der Waals surface area contributed by atoms with Crippen molar-refractivity contribution in [3.05, 3.63) is 19.1 Å². The van der Waals surface area contributed by atoms with Gasteiger partial charge in [-0.3, -0.25) is 0 Å². The van der Waals surface area contributed by atoms with Crippen LogP contribution in [0.4, 0.5) is 0 Å². The highest BCUT2D eigenvalue weighted by Crippen LogP contribution is 1.99. The smallest absolute Gasteiger partial charge is 0.160 e. The van der Waals surface area contributed by atoms with Gasteiger partial charge in [0, 0.05) is 20.6 Å². The van der Waals surface area contributed by atoms with Crippen LogP contribution in [0.3, 0.4) is 0 Å². The Labute approximate surface area is 56.5 Å². The highest BCUT2D eigenvalue weighted by Gasteiger charge is 2.01. The highest BCUT2D eigenvalue weighted by atomic mass is 16.7. The predicted octanol–water partition coefficient (Wildman–Crippen LogP) is 1.39. The standard InChI is InChI=1S/C7H13O2/c1-4-5-6-7(8-2)9-3/h4,6-7H,1,5H2,2-3H3. The molecule has 0 saturated heterocycles. The molecule has 9 heavy (non-hydrogen) atoms. The van der Waals surface area contributed by atoms with E-state index in [2.05, 4.69) is 6.58 Å². The Morgan fingerprint density at radius 1 is 1.44 bits per heavy atom. The number of methoxy groups -OCH3 is 2. The molecule has 0 amide bonds. The number of allylic oxidation sites excluding steroid dienone is 1. The number of rotatable bonds is 5. The van der Waals surface area contributed by atoms with Crippen LogP contribution >= 0.6 is 0 Å². The van der Waals surface area contributed by atoms with E-state index >= 15 is 0 Å². The van der Waals surface area contributed by atoms with E-state index in [1.165, 1.54) is 0 Å². The molecule has 0 aliphatic rings. The Balaban J connectivity index is 3.19. The van der Waals surface area contributed by atoms with Crippen molar-refractivity contribution in [2.75, 3.05) is 14.2 Å². The van der Waals surface area contributed by atoms with Crippen molar-refractivity contribution in [2.45, 2.75) is 12.7 Å². The third kappa shape index (κ3) is 4.18. The van der Waals surface area contributed by atoms with Gasteiger partial charge in [-0.25, -0.2) is 0 Å². The van der Waals surface area contributed by atoms with E-state index in [4.69, 9.17) is 9.47 Å². The zero-order chi connectivity index (χ0) is 7.11. The molecule has 0 aromatic rings. The molecule has 2 nitrogen and oxygen atoms in total. The maximum atomic E-state index is 4.88. The maximum absolute atomic E-state index is 4.88. The minimum Gasteiger partial charge on any atom is -0.356 e. The maximum Gasteiger partial charge on any atom is 0.160 e. The molecular formula is C7H13O2. The van der Waals surface area contributed by atoms with E-state index in [-0.39, 0.29) is 6.29 Å². The van der Waals surface area contributed by atoms with Crippen molar-refractivity contribution in [2.24, 2.45) is 0 Å². The Kier molecular flexibility index (Phi) is 5.57. The summed E-state index contributed by atoms with van der Waals surface area (Å²) in [7, 11) is 3.21. The molecule has 0 aliphatic heterocycles. The molecule has 0 aromatic heterocycles. The summed E-state index contributed by atoms with van der Waals surface area (Å²) in [5.41, 5.74) is 0. The number of ether oxygens (including phenoxy) is 2. The minimum absolute atomic E-state index is 0.192. The van der Waals surface area contributed by atoms with Gasteiger partial charge < -0.3 is 9.47 Å². The summed E-state index contributed by atoms with van der Waals surface area (Å²) in [6.45, 7) is 3.56. The van der Waals surface area contributed by atoms with Crippen LogP contribution in [0.25, 0.3) is 0 Å². The first kappa shape index (κ1) is 8.66. The third-order valence-electron chi connectivity index (χ3n) is 0.960. The molecule has 2 heteroatoms. The normalized spacial score (nSPS) is 10.1. The van der Waals surface area contributed by atoms with Gasteiger partial charge in [-0.1, -0.05) is 6.08 Å². The average Bonchev–Trinajstić information content (AvgIpc) is 1.91. The van der Waals surface area contributed by atoms with Gasteiger partial charge in [0.15, 0.2) is 6.29 Å². The average molecular weight is 129 g/mol. The lowest BCUT2D eigenvalue weighted by Gasteiger charge is -2.10. The fraction of sp³-hybridized carbons (Fsp3) is 0.571. The highest BCUT2D eigenvalue weighted by molar-refractivity contribution is 4.80. The second-order valence-electron chi connectivity index (χ2n) is 1.60. The van der Waals surface area contributed by atoms with E-state index < -0.39 is 0 Å². The lowest BCUT2D eigenvalue weighted by atomic mass is 10.3. The van der Waals surface area contributed by atoms with Gasteiger partial charge in [0.05, 0.1) is 0 Å². The van der Waals surface area contributed by atoms with Crippen molar-refractivity contribution in [1.29, 1.82) is 0 Å². The summed E-state index contributed by atoms with van der Waals surface area (Å²) < 4.78 is 9.75. The zero-order valence-corrected chi connectivity index (χ0v) is 5.96. The van der Waals surface area contributed by atoms with E-state index in [0.29, 0.717) is 0 Å². The largest absolute Gasteiger partial charge is 0.356 e. The van der Waals surface area contributed by atoms with Crippen LogP contribution in [-0.2, 0) is 9.47 Å². The lowest BCUT2D eigenvalue weighted by Crippen LogP contribution is -2.12. The molecule has 0 heterocycles. The summed E-state index contributed by atoms with van der Waals surface area (Å²) >= 11 is 0. The van der Waals surface area contributed by atoms with Crippen molar-refractivity contribution in [3.63, 3.8) is 0 Å². The monoisotopic (exact) mass is 129 g/mol. The topological polar surface area (TPSA) is 18.5 Å². The Bertz CT molecular complexity index is 67.3. The summed E-state index contributed by atoms with van der Waals surface area (Å²) in [5, 5.41) is 0. The molecule has 0 N–H and O–H groups in total. The van der Waals surface area contributed by atoms with Crippen molar-refractivity contribution in [1.82, 2.24) is 0 Å². The molecule has 0 unspecified atom stereocenters. The van der Waals surface area contributed by atoms with Gasteiger partial charge in [-0.05, 0) is 6.42 Å². The molecule has 0 bridgehead atoms. The summed E-state index contributed by atoms with van der Waals surface area (Å²) in [6.07, 6.45) is 4.31. The van der Waals surface area contributed by atoms with E-state index in [9.17, 15) is 0 Å². The van der Waals surface area contributed by atoms with Crippen LogP contribution in [0.2, 0.25) is 0 Å². The molecule has 0 fully saturated rings. The molecule has 0 aliphatic carbocycles. The zero-order valence-electron chi connectivity index (χ0n) is 5.96. The minimum atomic E-state index is -0.192. The van der Waals surface area contributed by atoms with Gasteiger partial charge in [-0.2, -0.15) is 0 Å². The summed E-state index contributed by atoms with van der Waals surface area (Å²) in [4.78, 5) is 0. The third-order valence-corrected chi connectivity index (χ3v) is 0.960. The Morgan fingerprint density at radius 2 is 2.00 bits per heavy atom. The second kappa shape index (κ2) is 5.79. The van der Waals surface area contributed by atoms with E-state index in [0.717, 1.165) is 6.42 Å². The first-order valence-electron chi connectivity index (χ1n) is 2.85. The van der Waals surface area contributed by atoms with Gasteiger partial charge in [0.1, 0.15) is 0 Å². The van der Waals surface area contributed by atoms with Crippen molar-refractivity contribution in [3.8, 4) is 0 Å². The summed E-state index contributed by atoms with van der Waals surface area (Å²) in [5.74, 6) is 0. The fourth-order valence-electron chi connectivity index (χ4n) is 0.496. The molecule has 53 valence electrons. The number of hydrogen-bond donors (Lipinski definition) is 0. The molecule has 0 spiro atoms. The molecule has 0 saturated carbocycles. The lowest BCUT2D eigenvalue weighted by molar-refractivity contribution is -0.0788. The molecule has 0 aromatic carbocycles. The molecule has 1 radical (unpaired) electrons. The van der Waals surface area contributed by atoms with Crippen molar-refractivity contribution >= 4 is 0 Å². The first-order valence-corrected chi connectivity index (χ1v) is 2.85. The van der Waals surface area contributed by atoms with Crippen LogP contribution in [0.5, 0.6) is 0 Å². The van der Waals surface area contributed by atoms with Crippen LogP contribution in [-0.4, -0.2) is 20.5 Å². The fourth-order valence-corrected chi connectivity index (χ4v) is 0.496. The van der Waals surface area contributed by atoms with Crippen molar-refractivity contribution < 1.29 is 9.47 Å². The van der Waals surface area contributed by atoms with Crippen LogP contribution in [0, 0.1) is 6.42 Å².